The van der Waals surface area contributed by atoms with E-state index in [1.54, 1.807) is 18.2 Å². The highest BCUT2D eigenvalue weighted by Crippen LogP contribution is 2.18. The number of aliphatic imine (C=N–C) groups is 1. The van der Waals surface area contributed by atoms with E-state index in [1.807, 2.05) is 0 Å². The second kappa shape index (κ2) is 9.06. The fourth-order valence-electron chi connectivity index (χ4n) is 2.39. The summed E-state index contributed by atoms with van der Waals surface area (Å²) in [6.45, 7) is 5.46. The predicted molar refractivity (Wildman–Crippen MR) is 88.3 cm³/mol. The molecular formula is C15H23N5O3. The van der Waals surface area contributed by atoms with Crippen LogP contribution in [0.2, 0.25) is 0 Å². The first-order valence-corrected chi connectivity index (χ1v) is 7.73. The van der Waals surface area contributed by atoms with Crippen LogP contribution in [0.1, 0.15) is 12.0 Å². The van der Waals surface area contributed by atoms with E-state index in [4.69, 9.17) is 10.5 Å². The third-order valence-corrected chi connectivity index (χ3v) is 3.67. The summed E-state index contributed by atoms with van der Waals surface area (Å²) < 4.78 is 5.30. The van der Waals surface area contributed by atoms with Crippen molar-refractivity contribution in [3.05, 3.63) is 39.9 Å². The van der Waals surface area contributed by atoms with Crippen LogP contribution in [-0.2, 0) is 11.3 Å². The van der Waals surface area contributed by atoms with Crippen LogP contribution in [0.15, 0.2) is 29.3 Å². The number of nitro benzene ring substituents is 1. The lowest BCUT2D eigenvalue weighted by atomic mass is 10.2. The Hall–Kier alpha value is -2.19. The van der Waals surface area contributed by atoms with E-state index in [0.717, 1.165) is 45.8 Å². The summed E-state index contributed by atoms with van der Waals surface area (Å²) in [6.07, 6.45) is 0.960. The first kappa shape index (κ1) is 17.2. The number of benzene rings is 1. The van der Waals surface area contributed by atoms with Crippen LogP contribution in [0.25, 0.3) is 0 Å². The molecule has 1 aliphatic rings. The molecular weight excluding hydrogens is 298 g/mol. The normalized spacial score (nSPS) is 16.3. The summed E-state index contributed by atoms with van der Waals surface area (Å²) in [5, 5.41) is 14.0. The number of para-hydroxylation sites is 1. The van der Waals surface area contributed by atoms with Crippen LogP contribution in [0.5, 0.6) is 0 Å². The lowest BCUT2D eigenvalue weighted by Crippen LogP contribution is -2.39. The van der Waals surface area contributed by atoms with Gasteiger partial charge in [-0.3, -0.25) is 15.0 Å². The van der Waals surface area contributed by atoms with Crippen molar-refractivity contribution in [3.8, 4) is 0 Å². The molecule has 8 nitrogen and oxygen atoms in total. The van der Waals surface area contributed by atoms with Gasteiger partial charge in [-0.05, 0) is 13.0 Å². The zero-order valence-corrected chi connectivity index (χ0v) is 13.1. The van der Waals surface area contributed by atoms with Crippen molar-refractivity contribution in [2.75, 3.05) is 39.4 Å². The number of morpholine rings is 1. The number of nitrogens with one attached hydrogen (secondary N) is 1. The Morgan fingerprint density at radius 1 is 1.39 bits per heavy atom. The molecule has 23 heavy (non-hydrogen) atoms. The third kappa shape index (κ3) is 5.84. The Balaban J connectivity index is 1.72. The van der Waals surface area contributed by atoms with Crippen LogP contribution in [0.3, 0.4) is 0 Å². The molecule has 1 fully saturated rings. The van der Waals surface area contributed by atoms with Gasteiger partial charge >= 0.3 is 0 Å². The van der Waals surface area contributed by atoms with Gasteiger partial charge in [0.1, 0.15) is 0 Å². The smallest absolute Gasteiger partial charge is 0.274 e. The van der Waals surface area contributed by atoms with Crippen LogP contribution in [0, 0.1) is 10.1 Å². The molecule has 0 saturated carbocycles. The lowest BCUT2D eigenvalue weighted by molar-refractivity contribution is -0.385. The molecule has 1 aromatic carbocycles. The minimum absolute atomic E-state index is 0.0661. The van der Waals surface area contributed by atoms with E-state index < -0.39 is 4.92 Å². The van der Waals surface area contributed by atoms with Gasteiger partial charge in [0, 0.05) is 25.7 Å². The Labute approximate surface area is 135 Å². The van der Waals surface area contributed by atoms with Gasteiger partial charge in [-0.2, -0.15) is 0 Å². The number of guanidine groups is 1. The minimum Gasteiger partial charge on any atom is -0.379 e. The largest absolute Gasteiger partial charge is 0.379 e. The summed E-state index contributed by atoms with van der Waals surface area (Å²) in [5.41, 5.74) is 6.42. The van der Waals surface area contributed by atoms with E-state index in [-0.39, 0.29) is 12.2 Å². The highest BCUT2D eigenvalue weighted by atomic mass is 16.6. The SMILES string of the molecule is NC(=NCc1ccccc1[N+](=O)[O-])NCCCN1CCOCC1. The molecule has 0 atom stereocenters. The van der Waals surface area contributed by atoms with E-state index in [2.05, 4.69) is 15.2 Å². The Morgan fingerprint density at radius 2 is 2.13 bits per heavy atom. The Morgan fingerprint density at radius 3 is 2.87 bits per heavy atom. The number of nitrogens with two attached hydrogens (primary N) is 1. The van der Waals surface area contributed by atoms with Gasteiger partial charge in [0.2, 0.25) is 0 Å². The van der Waals surface area contributed by atoms with Gasteiger partial charge in [0.25, 0.3) is 5.69 Å². The first-order valence-electron chi connectivity index (χ1n) is 7.73. The maximum absolute atomic E-state index is 10.9. The van der Waals surface area contributed by atoms with Gasteiger partial charge < -0.3 is 15.8 Å². The molecule has 0 aromatic heterocycles. The summed E-state index contributed by atoms with van der Waals surface area (Å²) in [6, 6.07) is 6.55. The van der Waals surface area contributed by atoms with E-state index in [9.17, 15) is 10.1 Å². The monoisotopic (exact) mass is 321 g/mol. The Bertz CT molecular complexity index is 544. The molecule has 126 valence electrons. The molecule has 1 heterocycles. The summed E-state index contributed by atoms with van der Waals surface area (Å²) in [7, 11) is 0. The summed E-state index contributed by atoms with van der Waals surface area (Å²) in [4.78, 5) is 17.0. The van der Waals surface area contributed by atoms with Crippen molar-refractivity contribution < 1.29 is 9.66 Å². The highest BCUT2D eigenvalue weighted by Gasteiger charge is 2.11. The average Bonchev–Trinajstić information content (AvgIpc) is 2.58. The molecule has 8 heteroatoms. The average molecular weight is 321 g/mol. The second-order valence-corrected chi connectivity index (χ2v) is 5.32. The van der Waals surface area contributed by atoms with Gasteiger partial charge in [0.05, 0.1) is 30.2 Å². The number of hydrogen-bond donors (Lipinski definition) is 2. The van der Waals surface area contributed by atoms with E-state index >= 15 is 0 Å². The maximum Gasteiger partial charge on any atom is 0.274 e. The summed E-state index contributed by atoms with van der Waals surface area (Å²) >= 11 is 0. The van der Waals surface area contributed by atoms with Crippen LogP contribution in [0.4, 0.5) is 5.69 Å². The van der Waals surface area contributed by atoms with Crippen LogP contribution < -0.4 is 11.1 Å². The molecule has 0 spiro atoms. The van der Waals surface area contributed by atoms with Crippen molar-refractivity contribution in [3.63, 3.8) is 0 Å². The van der Waals surface area contributed by atoms with E-state index in [0.29, 0.717) is 11.5 Å². The molecule has 0 unspecified atom stereocenters. The molecule has 1 aromatic rings. The number of nitrogens with zero attached hydrogens (tertiary/aromatic N) is 3. The topological polar surface area (TPSA) is 106 Å². The quantitative estimate of drug-likeness (QED) is 0.252. The zero-order valence-electron chi connectivity index (χ0n) is 13.1. The zero-order chi connectivity index (χ0) is 16.5. The fraction of sp³-hybridized carbons (Fsp3) is 0.533. The van der Waals surface area contributed by atoms with Crippen molar-refractivity contribution in [1.82, 2.24) is 10.2 Å². The lowest BCUT2D eigenvalue weighted by Gasteiger charge is -2.26. The standard InChI is InChI=1S/C15H23N5O3/c16-15(17-6-3-7-19-8-10-23-11-9-19)18-12-13-4-1-2-5-14(13)20(21)22/h1-2,4-5H,3,6-12H2,(H3,16,17,18). The number of rotatable bonds is 7. The van der Waals surface area contributed by atoms with Gasteiger partial charge in [-0.1, -0.05) is 18.2 Å². The first-order chi connectivity index (χ1) is 11.2. The number of ether oxygens (including phenoxy) is 1. The van der Waals surface area contributed by atoms with Crippen molar-refractivity contribution in [2.45, 2.75) is 13.0 Å². The minimum atomic E-state index is -0.406. The molecule has 2 rings (SSSR count). The predicted octanol–water partition coefficient (Wildman–Crippen LogP) is 0.721. The molecule has 3 N–H and O–H groups in total. The fourth-order valence-corrected chi connectivity index (χ4v) is 2.39. The highest BCUT2D eigenvalue weighted by molar-refractivity contribution is 5.77. The molecule has 0 amide bonds. The number of hydrogen-bond acceptors (Lipinski definition) is 5. The van der Waals surface area contributed by atoms with Crippen molar-refractivity contribution >= 4 is 11.6 Å². The van der Waals surface area contributed by atoms with Crippen LogP contribution >= 0.6 is 0 Å². The van der Waals surface area contributed by atoms with E-state index in [1.165, 1.54) is 6.07 Å². The second-order valence-electron chi connectivity index (χ2n) is 5.32. The molecule has 1 saturated heterocycles. The number of nitro groups is 1. The van der Waals surface area contributed by atoms with Crippen molar-refractivity contribution in [1.29, 1.82) is 0 Å². The third-order valence-electron chi connectivity index (χ3n) is 3.67. The van der Waals surface area contributed by atoms with Crippen molar-refractivity contribution in [2.24, 2.45) is 10.7 Å². The Kier molecular flexibility index (Phi) is 6.76. The molecule has 1 aliphatic heterocycles. The molecule has 0 bridgehead atoms. The van der Waals surface area contributed by atoms with Crippen LogP contribution in [-0.4, -0.2) is 55.2 Å². The van der Waals surface area contributed by atoms with Gasteiger partial charge in [0.15, 0.2) is 5.96 Å². The maximum atomic E-state index is 10.9. The molecule has 0 radical (unpaired) electrons. The summed E-state index contributed by atoms with van der Waals surface area (Å²) in [5.74, 6) is 0.310. The van der Waals surface area contributed by atoms with Gasteiger partial charge in [-0.15, -0.1) is 0 Å². The van der Waals surface area contributed by atoms with Gasteiger partial charge in [-0.25, -0.2) is 4.99 Å². The molecule has 0 aliphatic carbocycles.